The molecule has 0 spiro atoms. The fraction of sp³-hybridized carbons (Fsp3) is 0.500. The molecule has 1 aromatic heterocycles. The number of aryl methyl sites for hydroxylation is 1. The van der Waals surface area contributed by atoms with E-state index in [0.29, 0.717) is 5.92 Å². The molecule has 2 aromatic rings. The highest BCUT2D eigenvalue weighted by molar-refractivity contribution is 5.34. The molecular formula is C18H25N3O. The molecule has 4 heteroatoms. The Morgan fingerprint density at radius 1 is 1.36 bits per heavy atom. The van der Waals surface area contributed by atoms with E-state index in [2.05, 4.69) is 58.9 Å². The molecule has 1 atom stereocenters. The van der Waals surface area contributed by atoms with Crippen molar-refractivity contribution in [1.29, 1.82) is 0 Å². The van der Waals surface area contributed by atoms with E-state index in [9.17, 15) is 0 Å². The number of ether oxygens (including phenoxy) is 1. The van der Waals surface area contributed by atoms with Crippen molar-refractivity contribution in [3.63, 3.8) is 0 Å². The number of nitrogens with zero attached hydrogens (tertiary/aromatic N) is 3. The molecule has 1 aliphatic rings. The van der Waals surface area contributed by atoms with Crippen LogP contribution in [0.15, 0.2) is 36.7 Å². The summed E-state index contributed by atoms with van der Waals surface area (Å²) in [5.41, 5.74) is 1.35. The van der Waals surface area contributed by atoms with Gasteiger partial charge in [0, 0.05) is 32.0 Å². The molecule has 22 heavy (non-hydrogen) atoms. The van der Waals surface area contributed by atoms with Gasteiger partial charge in [-0.2, -0.15) is 0 Å². The standard InChI is InChI=1S/C18H25N3O/c1-15-19-8-9-21(15)11-10-20(2)14-16-7-12-22-18-6-4-3-5-17(18)13-16/h3-6,8-9,16H,7,10-14H2,1-2H3. The second-order valence-corrected chi connectivity index (χ2v) is 6.25. The molecule has 0 radical (unpaired) electrons. The first-order chi connectivity index (χ1) is 10.7. The van der Waals surface area contributed by atoms with E-state index in [-0.39, 0.29) is 0 Å². The third-order valence-corrected chi connectivity index (χ3v) is 4.48. The number of imidazole rings is 1. The van der Waals surface area contributed by atoms with E-state index < -0.39 is 0 Å². The third kappa shape index (κ3) is 3.69. The van der Waals surface area contributed by atoms with Crippen molar-refractivity contribution in [1.82, 2.24) is 14.5 Å². The molecule has 3 rings (SSSR count). The highest BCUT2D eigenvalue weighted by Crippen LogP contribution is 2.26. The van der Waals surface area contributed by atoms with Gasteiger partial charge in [-0.15, -0.1) is 0 Å². The van der Waals surface area contributed by atoms with Crippen molar-refractivity contribution in [2.24, 2.45) is 5.92 Å². The molecule has 0 saturated heterocycles. The van der Waals surface area contributed by atoms with Crippen LogP contribution in [0.1, 0.15) is 17.8 Å². The molecule has 0 saturated carbocycles. The maximum atomic E-state index is 5.86. The van der Waals surface area contributed by atoms with E-state index >= 15 is 0 Å². The lowest BCUT2D eigenvalue weighted by molar-refractivity contribution is 0.234. The highest BCUT2D eigenvalue weighted by Gasteiger charge is 2.18. The zero-order valence-electron chi connectivity index (χ0n) is 13.5. The monoisotopic (exact) mass is 299 g/mol. The predicted molar refractivity (Wildman–Crippen MR) is 88.2 cm³/mol. The van der Waals surface area contributed by atoms with Crippen molar-refractivity contribution < 1.29 is 4.74 Å². The van der Waals surface area contributed by atoms with Crippen LogP contribution in [0.3, 0.4) is 0 Å². The zero-order chi connectivity index (χ0) is 15.4. The van der Waals surface area contributed by atoms with Crippen molar-refractivity contribution in [3.8, 4) is 5.75 Å². The van der Waals surface area contributed by atoms with Gasteiger partial charge in [0.1, 0.15) is 11.6 Å². The van der Waals surface area contributed by atoms with Gasteiger partial charge in [-0.25, -0.2) is 4.98 Å². The van der Waals surface area contributed by atoms with Crippen LogP contribution < -0.4 is 4.74 Å². The van der Waals surface area contributed by atoms with Crippen LogP contribution in [0.25, 0.3) is 0 Å². The summed E-state index contributed by atoms with van der Waals surface area (Å²) in [4.78, 5) is 6.70. The molecule has 1 unspecified atom stereocenters. The smallest absolute Gasteiger partial charge is 0.122 e. The van der Waals surface area contributed by atoms with Gasteiger partial charge in [-0.05, 0) is 44.4 Å². The van der Waals surface area contributed by atoms with E-state index in [1.807, 2.05) is 6.20 Å². The van der Waals surface area contributed by atoms with Crippen LogP contribution in [-0.2, 0) is 13.0 Å². The average Bonchev–Trinajstić information content (AvgIpc) is 2.80. The maximum absolute atomic E-state index is 5.86. The summed E-state index contributed by atoms with van der Waals surface area (Å²) in [6.45, 7) is 6.06. The van der Waals surface area contributed by atoms with Gasteiger partial charge in [0.25, 0.3) is 0 Å². The minimum atomic E-state index is 0.664. The van der Waals surface area contributed by atoms with Crippen LogP contribution in [0, 0.1) is 12.8 Å². The Kier molecular flexibility index (Phi) is 4.78. The largest absolute Gasteiger partial charge is 0.493 e. The Hall–Kier alpha value is -1.81. The van der Waals surface area contributed by atoms with E-state index in [0.717, 1.165) is 50.7 Å². The van der Waals surface area contributed by atoms with Gasteiger partial charge >= 0.3 is 0 Å². The number of hydrogen-bond acceptors (Lipinski definition) is 3. The Bertz CT molecular complexity index is 608. The first kappa shape index (κ1) is 15.1. The normalized spacial score (nSPS) is 17.9. The second-order valence-electron chi connectivity index (χ2n) is 6.25. The minimum absolute atomic E-state index is 0.664. The first-order valence-corrected chi connectivity index (χ1v) is 8.09. The molecule has 118 valence electrons. The number of fused-ring (bicyclic) bond motifs is 1. The molecule has 0 aliphatic carbocycles. The number of aromatic nitrogens is 2. The Balaban J connectivity index is 1.53. The second kappa shape index (κ2) is 6.97. The first-order valence-electron chi connectivity index (χ1n) is 8.09. The number of benzene rings is 1. The molecule has 1 aromatic carbocycles. The van der Waals surface area contributed by atoms with Gasteiger partial charge < -0.3 is 14.2 Å². The lowest BCUT2D eigenvalue weighted by atomic mass is 9.96. The molecule has 0 fully saturated rings. The summed E-state index contributed by atoms with van der Waals surface area (Å²) in [5, 5.41) is 0. The Morgan fingerprint density at radius 2 is 2.23 bits per heavy atom. The van der Waals surface area contributed by atoms with E-state index in [1.165, 1.54) is 5.56 Å². The summed E-state index contributed by atoms with van der Waals surface area (Å²) in [5.74, 6) is 2.82. The van der Waals surface area contributed by atoms with Crippen molar-refractivity contribution in [3.05, 3.63) is 48.0 Å². The lowest BCUT2D eigenvalue weighted by Gasteiger charge is -2.23. The minimum Gasteiger partial charge on any atom is -0.493 e. The van der Waals surface area contributed by atoms with Crippen molar-refractivity contribution in [2.75, 3.05) is 26.7 Å². The van der Waals surface area contributed by atoms with Crippen LogP contribution in [0.4, 0.5) is 0 Å². The third-order valence-electron chi connectivity index (χ3n) is 4.48. The zero-order valence-corrected chi connectivity index (χ0v) is 13.5. The summed E-state index contributed by atoms with van der Waals surface area (Å²) in [6.07, 6.45) is 6.17. The van der Waals surface area contributed by atoms with Gasteiger partial charge in [0.2, 0.25) is 0 Å². The average molecular weight is 299 g/mol. The van der Waals surface area contributed by atoms with Gasteiger partial charge in [-0.1, -0.05) is 18.2 Å². The van der Waals surface area contributed by atoms with Crippen LogP contribution in [0.5, 0.6) is 5.75 Å². The van der Waals surface area contributed by atoms with Crippen molar-refractivity contribution in [2.45, 2.75) is 26.3 Å². The molecule has 0 N–H and O–H groups in total. The number of rotatable bonds is 5. The molecule has 0 bridgehead atoms. The highest BCUT2D eigenvalue weighted by atomic mass is 16.5. The van der Waals surface area contributed by atoms with Crippen LogP contribution in [-0.4, -0.2) is 41.2 Å². The Labute approximate surface area is 132 Å². The topological polar surface area (TPSA) is 30.3 Å². The summed E-state index contributed by atoms with van der Waals surface area (Å²) < 4.78 is 8.07. The van der Waals surface area contributed by atoms with Gasteiger partial charge in [-0.3, -0.25) is 0 Å². The number of likely N-dealkylation sites (N-methyl/N-ethyl adjacent to an activating group) is 1. The van der Waals surface area contributed by atoms with E-state index in [4.69, 9.17) is 4.74 Å². The summed E-state index contributed by atoms with van der Waals surface area (Å²) in [6, 6.07) is 8.45. The SMILES string of the molecule is Cc1nccn1CCN(C)CC1CCOc2ccccc2C1. The maximum Gasteiger partial charge on any atom is 0.122 e. The molecule has 1 aliphatic heterocycles. The Morgan fingerprint density at radius 3 is 3.05 bits per heavy atom. The van der Waals surface area contributed by atoms with Gasteiger partial charge in [0.15, 0.2) is 0 Å². The molecule has 2 heterocycles. The van der Waals surface area contributed by atoms with Crippen LogP contribution in [0.2, 0.25) is 0 Å². The van der Waals surface area contributed by atoms with Gasteiger partial charge in [0.05, 0.1) is 6.61 Å². The lowest BCUT2D eigenvalue weighted by Crippen LogP contribution is -2.30. The predicted octanol–water partition coefficient (Wildman–Crippen LogP) is 2.76. The molecular weight excluding hydrogens is 274 g/mol. The number of hydrogen-bond donors (Lipinski definition) is 0. The van der Waals surface area contributed by atoms with Crippen molar-refractivity contribution >= 4 is 0 Å². The summed E-state index contributed by atoms with van der Waals surface area (Å²) in [7, 11) is 2.21. The number of para-hydroxylation sites is 1. The van der Waals surface area contributed by atoms with Crippen LogP contribution >= 0.6 is 0 Å². The fourth-order valence-electron chi connectivity index (χ4n) is 3.17. The summed E-state index contributed by atoms with van der Waals surface area (Å²) >= 11 is 0. The molecule has 0 amide bonds. The van der Waals surface area contributed by atoms with E-state index in [1.54, 1.807) is 0 Å². The molecule has 4 nitrogen and oxygen atoms in total. The fourth-order valence-corrected chi connectivity index (χ4v) is 3.17. The quantitative estimate of drug-likeness (QED) is 0.850.